The molecule has 0 aromatic rings. The summed E-state index contributed by atoms with van der Waals surface area (Å²) >= 11 is 0. The number of ether oxygens (including phenoxy) is 1. The van der Waals surface area contributed by atoms with Crippen LogP contribution in [0, 0.1) is 0 Å². The Balaban J connectivity index is 2.07. The zero-order chi connectivity index (χ0) is 10.2. The first kappa shape index (κ1) is 10.4. The maximum Gasteiger partial charge on any atom is 0.217 e. The van der Waals surface area contributed by atoms with E-state index in [9.17, 15) is 8.42 Å². The van der Waals surface area contributed by atoms with E-state index in [4.69, 9.17) is 10.5 Å². The molecule has 82 valence electrons. The second-order valence-corrected chi connectivity index (χ2v) is 6.15. The summed E-state index contributed by atoms with van der Waals surface area (Å²) in [4.78, 5) is 0. The fourth-order valence-corrected chi connectivity index (χ4v) is 3.50. The lowest BCUT2D eigenvalue weighted by atomic mass is 10.3. The number of sulfonamides is 1. The molecule has 1 atom stereocenters. The normalized spacial score (nSPS) is 31.4. The third kappa shape index (κ3) is 2.08. The molecule has 6 heteroatoms. The van der Waals surface area contributed by atoms with Crippen molar-refractivity contribution >= 4 is 10.0 Å². The van der Waals surface area contributed by atoms with Gasteiger partial charge in [-0.3, -0.25) is 0 Å². The highest BCUT2D eigenvalue weighted by molar-refractivity contribution is 7.90. The van der Waals surface area contributed by atoms with E-state index in [1.165, 1.54) is 4.31 Å². The van der Waals surface area contributed by atoms with Gasteiger partial charge >= 0.3 is 0 Å². The minimum atomic E-state index is -3.07. The van der Waals surface area contributed by atoms with Crippen LogP contribution in [0.5, 0.6) is 0 Å². The van der Waals surface area contributed by atoms with Gasteiger partial charge in [-0.25, -0.2) is 8.42 Å². The lowest BCUT2D eigenvalue weighted by Gasteiger charge is -2.20. The quantitative estimate of drug-likeness (QED) is 0.657. The second-order valence-electron chi connectivity index (χ2n) is 3.94. The zero-order valence-corrected chi connectivity index (χ0v) is 8.87. The summed E-state index contributed by atoms with van der Waals surface area (Å²) in [5.74, 6) is 0. The molecular weight excluding hydrogens is 204 g/mol. The third-order valence-electron chi connectivity index (χ3n) is 2.56. The summed E-state index contributed by atoms with van der Waals surface area (Å²) in [5.41, 5.74) is 5.71. The number of hydrogen-bond donors (Lipinski definition) is 1. The van der Waals surface area contributed by atoms with Crippen LogP contribution in [0.3, 0.4) is 0 Å². The molecule has 1 unspecified atom stereocenters. The molecule has 0 amide bonds. The fourth-order valence-electron chi connectivity index (χ4n) is 1.61. The van der Waals surface area contributed by atoms with Gasteiger partial charge in [0, 0.05) is 19.1 Å². The summed E-state index contributed by atoms with van der Waals surface area (Å²) < 4.78 is 30.4. The Bertz CT molecular complexity index is 300. The molecule has 2 N–H and O–H groups in total. The van der Waals surface area contributed by atoms with Crippen LogP contribution in [-0.4, -0.2) is 50.3 Å². The van der Waals surface area contributed by atoms with Crippen molar-refractivity contribution in [1.29, 1.82) is 0 Å². The molecule has 1 saturated carbocycles. The number of nitrogens with two attached hydrogens (primary N) is 1. The van der Waals surface area contributed by atoms with Gasteiger partial charge in [0.25, 0.3) is 0 Å². The van der Waals surface area contributed by atoms with Crippen LogP contribution in [0.25, 0.3) is 0 Å². The van der Waals surface area contributed by atoms with E-state index in [0.29, 0.717) is 26.3 Å². The van der Waals surface area contributed by atoms with Gasteiger partial charge in [-0.2, -0.15) is 4.31 Å². The largest absolute Gasteiger partial charge is 0.378 e. The summed E-state index contributed by atoms with van der Waals surface area (Å²) in [5, 5.41) is -0.146. The van der Waals surface area contributed by atoms with Crippen molar-refractivity contribution in [2.24, 2.45) is 5.73 Å². The SMILES string of the molecule is NC1COCCN(S(=O)(=O)C2CC2)C1. The predicted molar refractivity (Wildman–Crippen MR) is 52.3 cm³/mol. The van der Waals surface area contributed by atoms with Gasteiger partial charge in [-0.05, 0) is 12.8 Å². The monoisotopic (exact) mass is 220 g/mol. The molecule has 5 nitrogen and oxygen atoms in total. The average molecular weight is 220 g/mol. The molecule has 1 aliphatic carbocycles. The fraction of sp³-hybridized carbons (Fsp3) is 1.00. The van der Waals surface area contributed by atoms with Gasteiger partial charge in [0.05, 0.1) is 18.5 Å². The van der Waals surface area contributed by atoms with Crippen LogP contribution >= 0.6 is 0 Å². The predicted octanol–water partition coefficient (Wildman–Crippen LogP) is -0.862. The molecule has 1 saturated heterocycles. The molecule has 0 aromatic heterocycles. The van der Waals surface area contributed by atoms with E-state index in [1.54, 1.807) is 0 Å². The van der Waals surface area contributed by atoms with Crippen LogP contribution in [0.4, 0.5) is 0 Å². The Labute approximate surface area is 84.3 Å². The Hall–Kier alpha value is -0.170. The van der Waals surface area contributed by atoms with Crippen molar-refractivity contribution in [3.8, 4) is 0 Å². The minimum Gasteiger partial charge on any atom is -0.378 e. The molecule has 2 rings (SSSR count). The Morgan fingerprint density at radius 1 is 1.36 bits per heavy atom. The molecule has 0 radical (unpaired) electrons. The van der Waals surface area contributed by atoms with E-state index >= 15 is 0 Å². The Morgan fingerprint density at radius 3 is 2.71 bits per heavy atom. The second kappa shape index (κ2) is 3.77. The number of hydrogen-bond acceptors (Lipinski definition) is 4. The molecular formula is C8H16N2O3S. The van der Waals surface area contributed by atoms with E-state index in [-0.39, 0.29) is 11.3 Å². The first-order chi connectivity index (χ1) is 6.60. The van der Waals surface area contributed by atoms with Crippen molar-refractivity contribution in [3.05, 3.63) is 0 Å². The van der Waals surface area contributed by atoms with Gasteiger partial charge in [0.15, 0.2) is 0 Å². The highest BCUT2D eigenvalue weighted by atomic mass is 32.2. The Morgan fingerprint density at radius 2 is 2.07 bits per heavy atom. The standard InChI is InChI=1S/C8H16N2O3S/c9-7-5-10(3-4-13-6-7)14(11,12)8-1-2-8/h7-8H,1-6,9H2. The van der Waals surface area contributed by atoms with Crippen molar-refractivity contribution in [3.63, 3.8) is 0 Å². The first-order valence-corrected chi connectivity index (χ1v) is 6.43. The zero-order valence-electron chi connectivity index (χ0n) is 8.05. The smallest absolute Gasteiger partial charge is 0.217 e. The maximum atomic E-state index is 11.9. The third-order valence-corrected chi connectivity index (χ3v) is 4.93. The van der Waals surface area contributed by atoms with Gasteiger partial charge in [0.1, 0.15) is 0 Å². The number of nitrogens with zero attached hydrogens (tertiary/aromatic N) is 1. The highest BCUT2D eigenvalue weighted by Crippen LogP contribution is 2.31. The molecule has 0 bridgehead atoms. The Kier molecular flexibility index (Phi) is 2.79. The maximum absolute atomic E-state index is 11.9. The van der Waals surface area contributed by atoms with E-state index < -0.39 is 10.0 Å². The number of rotatable bonds is 2. The van der Waals surface area contributed by atoms with Crippen molar-refractivity contribution in [2.45, 2.75) is 24.1 Å². The lowest BCUT2D eigenvalue weighted by molar-refractivity contribution is 0.140. The van der Waals surface area contributed by atoms with E-state index in [0.717, 1.165) is 12.8 Å². The van der Waals surface area contributed by atoms with Crippen molar-refractivity contribution in [2.75, 3.05) is 26.3 Å². The molecule has 1 heterocycles. The lowest BCUT2D eigenvalue weighted by Crippen LogP contribution is -2.42. The van der Waals surface area contributed by atoms with Crippen LogP contribution in [0.2, 0.25) is 0 Å². The van der Waals surface area contributed by atoms with Crippen molar-refractivity contribution < 1.29 is 13.2 Å². The molecule has 0 aromatic carbocycles. The molecule has 0 spiro atoms. The summed E-state index contributed by atoms with van der Waals surface area (Å²) in [6.07, 6.45) is 1.60. The summed E-state index contributed by atoms with van der Waals surface area (Å²) in [6, 6.07) is -0.189. The van der Waals surface area contributed by atoms with E-state index in [1.807, 2.05) is 0 Å². The summed E-state index contributed by atoms with van der Waals surface area (Å²) in [6.45, 7) is 1.77. The molecule has 1 aliphatic heterocycles. The van der Waals surface area contributed by atoms with Crippen LogP contribution < -0.4 is 5.73 Å². The molecule has 14 heavy (non-hydrogen) atoms. The van der Waals surface area contributed by atoms with Gasteiger partial charge in [-0.15, -0.1) is 0 Å². The first-order valence-electron chi connectivity index (χ1n) is 4.93. The van der Waals surface area contributed by atoms with Gasteiger partial charge in [-0.1, -0.05) is 0 Å². The minimum absolute atomic E-state index is 0.146. The van der Waals surface area contributed by atoms with Crippen LogP contribution in [0.1, 0.15) is 12.8 Å². The van der Waals surface area contributed by atoms with Gasteiger partial charge in [0.2, 0.25) is 10.0 Å². The average Bonchev–Trinajstić information content (AvgIpc) is 2.89. The van der Waals surface area contributed by atoms with Crippen LogP contribution in [-0.2, 0) is 14.8 Å². The van der Waals surface area contributed by atoms with Crippen LogP contribution in [0.15, 0.2) is 0 Å². The highest BCUT2D eigenvalue weighted by Gasteiger charge is 2.40. The van der Waals surface area contributed by atoms with Crippen molar-refractivity contribution in [1.82, 2.24) is 4.31 Å². The topological polar surface area (TPSA) is 72.6 Å². The van der Waals surface area contributed by atoms with E-state index in [2.05, 4.69) is 0 Å². The van der Waals surface area contributed by atoms with Gasteiger partial charge < -0.3 is 10.5 Å². The summed E-state index contributed by atoms with van der Waals surface area (Å²) in [7, 11) is -3.07. The molecule has 2 aliphatic rings. The molecule has 2 fully saturated rings.